The van der Waals surface area contributed by atoms with Gasteiger partial charge in [0.1, 0.15) is 6.07 Å². The van der Waals surface area contributed by atoms with Crippen molar-refractivity contribution in [2.24, 2.45) is 5.10 Å². The predicted molar refractivity (Wildman–Crippen MR) is 126 cm³/mol. The van der Waals surface area contributed by atoms with Gasteiger partial charge in [0.15, 0.2) is 18.1 Å². The second-order valence-corrected chi connectivity index (χ2v) is 7.19. The van der Waals surface area contributed by atoms with Gasteiger partial charge in [-0.15, -0.1) is 0 Å². The van der Waals surface area contributed by atoms with E-state index in [0.717, 1.165) is 37.2 Å². The lowest BCUT2D eigenvalue weighted by molar-refractivity contribution is 0.329. The van der Waals surface area contributed by atoms with Crippen LogP contribution in [0.15, 0.2) is 53.6 Å². The summed E-state index contributed by atoms with van der Waals surface area (Å²) in [6.45, 7) is 1.78. The molecule has 4 rings (SSSR count). The lowest BCUT2D eigenvalue weighted by Crippen LogP contribution is -2.21. The molecule has 1 aliphatic heterocycles. The molecular formula is C23H24N8O2. The number of nitrogens with one attached hydrogen (secondary N) is 2. The van der Waals surface area contributed by atoms with Crippen LogP contribution in [-0.4, -0.2) is 48.0 Å². The summed E-state index contributed by atoms with van der Waals surface area (Å²) in [6.07, 6.45) is 3.86. The molecule has 33 heavy (non-hydrogen) atoms. The Labute approximate surface area is 191 Å². The Morgan fingerprint density at radius 3 is 2.61 bits per heavy atom. The molecule has 3 aromatic rings. The number of hydrazone groups is 1. The van der Waals surface area contributed by atoms with Gasteiger partial charge >= 0.3 is 0 Å². The number of anilines is 4. The number of nitriles is 1. The molecule has 0 amide bonds. The van der Waals surface area contributed by atoms with Gasteiger partial charge in [-0.05, 0) is 48.7 Å². The largest absolute Gasteiger partial charge is 0.493 e. The van der Waals surface area contributed by atoms with Crippen molar-refractivity contribution in [3.8, 4) is 17.6 Å². The first-order valence-electron chi connectivity index (χ1n) is 10.5. The lowest BCUT2D eigenvalue weighted by atomic mass is 10.2. The molecule has 0 radical (unpaired) electrons. The Hall–Kier alpha value is -4.39. The maximum atomic E-state index is 8.69. The van der Waals surface area contributed by atoms with E-state index in [1.54, 1.807) is 25.5 Å². The van der Waals surface area contributed by atoms with Crippen LogP contribution in [0.2, 0.25) is 0 Å². The number of hydrogen-bond donors (Lipinski definition) is 2. The van der Waals surface area contributed by atoms with Gasteiger partial charge in [-0.25, -0.2) is 5.43 Å². The van der Waals surface area contributed by atoms with E-state index >= 15 is 0 Å². The van der Waals surface area contributed by atoms with Crippen LogP contribution in [-0.2, 0) is 0 Å². The maximum absolute atomic E-state index is 8.69. The molecule has 1 fully saturated rings. The molecule has 0 spiro atoms. The Morgan fingerprint density at radius 2 is 1.85 bits per heavy atom. The molecule has 1 aliphatic rings. The van der Waals surface area contributed by atoms with Crippen LogP contribution in [0, 0.1) is 11.3 Å². The Balaban J connectivity index is 1.51. The lowest BCUT2D eigenvalue weighted by Gasteiger charge is -2.16. The van der Waals surface area contributed by atoms with Crippen molar-refractivity contribution < 1.29 is 9.47 Å². The molecule has 2 aromatic carbocycles. The fraction of sp³-hybridized carbons (Fsp3) is 0.261. The number of nitrogens with zero attached hydrogens (tertiary/aromatic N) is 6. The molecular weight excluding hydrogens is 420 g/mol. The fourth-order valence-electron chi connectivity index (χ4n) is 3.34. The summed E-state index contributed by atoms with van der Waals surface area (Å²) in [5.41, 5.74) is 4.56. The summed E-state index contributed by atoms with van der Waals surface area (Å²) in [5.74, 6) is 2.40. The van der Waals surface area contributed by atoms with Crippen molar-refractivity contribution in [2.45, 2.75) is 12.8 Å². The van der Waals surface area contributed by atoms with E-state index in [4.69, 9.17) is 14.7 Å². The molecule has 1 aromatic heterocycles. The van der Waals surface area contributed by atoms with Gasteiger partial charge in [0, 0.05) is 18.8 Å². The highest BCUT2D eigenvalue weighted by Gasteiger charge is 2.17. The molecule has 168 valence electrons. The first-order valence-corrected chi connectivity index (χ1v) is 10.5. The average molecular weight is 444 g/mol. The predicted octanol–water partition coefficient (Wildman–Crippen LogP) is 3.57. The second kappa shape index (κ2) is 10.8. The van der Waals surface area contributed by atoms with Gasteiger partial charge in [-0.2, -0.15) is 25.3 Å². The van der Waals surface area contributed by atoms with Gasteiger partial charge in [-0.1, -0.05) is 18.2 Å². The number of aromatic nitrogens is 3. The summed E-state index contributed by atoms with van der Waals surface area (Å²) < 4.78 is 10.7. The minimum Gasteiger partial charge on any atom is -0.493 e. The molecule has 0 unspecified atom stereocenters. The van der Waals surface area contributed by atoms with Crippen molar-refractivity contribution in [3.05, 3.63) is 54.1 Å². The average Bonchev–Trinajstić information content (AvgIpc) is 3.39. The summed E-state index contributed by atoms with van der Waals surface area (Å²) in [5, 5.41) is 16.2. The topological polar surface area (TPSA) is 121 Å². The first-order chi connectivity index (χ1) is 16.2. The Bertz CT molecular complexity index is 1140. The minimum absolute atomic E-state index is 0.0521. The number of para-hydroxylation sites is 1. The van der Waals surface area contributed by atoms with Gasteiger partial charge in [0.05, 0.1) is 13.3 Å². The normalized spacial score (nSPS) is 13.0. The molecule has 10 heteroatoms. The number of hydrogen-bond acceptors (Lipinski definition) is 10. The zero-order valence-corrected chi connectivity index (χ0v) is 18.2. The van der Waals surface area contributed by atoms with E-state index in [0.29, 0.717) is 29.3 Å². The van der Waals surface area contributed by atoms with E-state index in [1.807, 2.05) is 42.5 Å². The number of methoxy groups -OCH3 is 1. The SMILES string of the molecule is COc1cc(C=NNc2nc(Nc3ccccc3)nc(N3CCCC3)n2)ccc1OCC#N. The van der Waals surface area contributed by atoms with E-state index < -0.39 is 0 Å². The molecule has 0 saturated carbocycles. The molecule has 10 nitrogen and oxygen atoms in total. The van der Waals surface area contributed by atoms with Crippen molar-refractivity contribution in [2.75, 3.05) is 42.4 Å². The first kappa shape index (κ1) is 21.8. The third-order valence-corrected chi connectivity index (χ3v) is 4.90. The smallest absolute Gasteiger partial charge is 0.250 e. The van der Waals surface area contributed by atoms with E-state index in [1.165, 1.54) is 0 Å². The molecule has 1 saturated heterocycles. The molecule has 0 aliphatic carbocycles. The zero-order valence-electron chi connectivity index (χ0n) is 18.2. The highest BCUT2D eigenvalue weighted by atomic mass is 16.5. The second-order valence-electron chi connectivity index (χ2n) is 7.19. The van der Waals surface area contributed by atoms with Crippen LogP contribution in [0.1, 0.15) is 18.4 Å². The van der Waals surface area contributed by atoms with E-state index in [9.17, 15) is 0 Å². The molecule has 2 N–H and O–H groups in total. The highest BCUT2D eigenvalue weighted by Crippen LogP contribution is 2.27. The zero-order chi connectivity index (χ0) is 22.9. The van der Waals surface area contributed by atoms with Gasteiger partial charge in [0.25, 0.3) is 0 Å². The Kier molecular flexibility index (Phi) is 7.12. The van der Waals surface area contributed by atoms with Crippen LogP contribution in [0.5, 0.6) is 11.5 Å². The monoisotopic (exact) mass is 444 g/mol. The highest BCUT2D eigenvalue weighted by molar-refractivity contribution is 5.81. The third-order valence-electron chi connectivity index (χ3n) is 4.90. The summed E-state index contributed by atoms with van der Waals surface area (Å²) in [4.78, 5) is 15.7. The molecule has 2 heterocycles. The Morgan fingerprint density at radius 1 is 1.06 bits per heavy atom. The quantitative estimate of drug-likeness (QED) is 0.377. The fourth-order valence-corrected chi connectivity index (χ4v) is 3.34. The van der Waals surface area contributed by atoms with Crippen molar-refractivity contribution in [1.82, 2.24) is 15.0 Å². The summed E-state index contributed by atoms with van der Waals surface area (Å²) in [7, 11) is 1.54. The van der Waals surface area contributed by atoms with E-state index in [-0.39, 0.29) is 6.61 Å². The minimum atomic E-state index is -0.0521. The van der Waals surface area contributed by atoms with Crippen molar-refractivity contribution >= 4 is 29.7 Å². The van der Waals surface area contributed by atoms with Gasteiger partial charge in [0.2, 0.25) is 17.8 Å². The molecule has 0 bridgehead atoms. The van der Waals surface area contributed by atoms with Crippen molar-refractivity contribution in [1.29, 1.82) is 5.26 Å². The standard InChI is InChI=1S/C23H24N8O2/c1-32-20-15-17(9-10-19(20)33-14-11-24)16-25-30-22-27-21(26-18-7-3-2-4-8-18)28-23(29-22)31-12-5-6-13-31/h2-4,7-10,15-16H,5-6,12-14H2,1H3,(H2,26,27,28,29,30). The van der Waals surface area contributed by atoms with Crippen molar-refractivity contribution in [3.63, 3.8) is 0 Å². The number of rotatable bonds is 9. The van der Waals surface area contributed by atoms with Gasteiger partial charge < -0.3 is 19.7 Å². The van der Waals surface area contributed by atoms with Crippen LogP contribution >= 0.6 is 0 Å². The summed E-state index contributed by atoms with van der Waals surface area (Å²) in [6, 6.07) is 17.0. The maximum Gasteiger partial charge on any atom is 0.250 e. The van der Waals surface area contributed by atoms with Crippen LogP contribution in [0.3, 0.4) is 0 Å². The van der Waals surface area contributed by atoms with Crippen LogP contribution in [0.25, 0.3) is 0 Å². The number of benzene rings is 2. The third kappa shape index (κ3) is 5.86. The summed E-state index contributed by atoms with van der Waals surface area (Å²) >= 11 is 0. The molecule has 0 atom stereocenters. The number of ether oxygens (including phenoxy) is 2. The van der Waals surface area contributed by atoms with Gasteiger partial charge in [-0.3, -0.25) is 0 Å². The van der Waals surface area contributed by atoms with Crippen LogP contribution in [0.4, 0.5) is 23.5 Å². The van der Waals surface area contributed by atoms with E-state index in [2.05, 4.69) is 35.7 Å². The van der Waals surface area contributed by atoms with Crippen LogP contribution < -0.4 is 25.1 Å².